The molecule has 3 aromatic carbocycles. The minimum Gasteiger partial charge on any atom is -0.508 e. The van der Waals surface area contributed by atoms with Crippen molar-refractivity contribution in [2.24, 2.45) is 0 Å². The second-order valence-corrected chi connectivity index (χ2v) is 16.8. The molecule has 3 N–H and O–H groups in total. The maximum absolute atomic E-state index is 10.8. The number of hydrogen-bond donors (Lipinski definition) is 3. The molecule has 0 bridgehead atoms. The van der Waals surface area contributed by atoms with Crippen molar-refractivity contribution in [3.63, 3.8) is 0 Å². The Hall–Kier alpha value is -2.94. The third-order valence-corrected chi connectivity index (χ3v) is 12.1. The van der Waals surface area contributed by atoms with Gasteiger partial charge in [0, 0.05) is 5.92 Å². The molecular formula is C46H70O3. The molecule has 0 amide bonds. The van der Waals surface area contributed by atoms with Crippen LogP contribution in [-0.4, -0.2) is 15.3 Å². The molecule has 3 heteroatoms. The predicted molar refractivity (Wildman–Crippen MR) is 211 cm³/mol. The molecule has 0 radical (unpaired) electrons. The maximum atomic E-state index is 10.8. The van der Waals surface area contributed by atoms with Crippen LogP contribution in [0.5, 0.6) is 17.2 Å². The number of hydrogen-bond acceptors (Lipinski definition) is 3. The number of rotatable bonds is 20. The summed E-state index contributed by atoms with van der Waals surface area (Å²) in [4.78, 5) is 0. The molecule has 3 aromatic rings. The van der Waals surface area contributed by atoms with Crippen LogP contribution in [0, 0.1) is 0 Å². The van der Waals surface area contributed by atoms with Gasteiger partial charge in [0.05, 0.1) is 0 Å². The van der Waals surface area contributed by atoms with Crippen LogP contribution in [0.3, 0.4) is 0 Å². The third-order valence-electron chi connectivity index (χ3n) is 12.1. The fraction of sp³-hybridized carbons (Fsp3) is 0.609. The molecule has 49 heavy (non-hydrogen) atoms. The lowest BCUT2D eigenvalue weighted by molar-refractivity contribution is 0.437. The van der Waals surface area contributed by atoms with Gasteiger partial charge in [-0.15, -0.1) is 0 Å². The van der Waals surface area contributed by atoms with E-state index in [4.69, 9.17) is 0 Å². The summed E-state index contributed by atoms with van der Waals surface area (Å²) in [5.41, 5.74) is 7.16. The number of aromatic hydroxyl groups is 3. The van der Waals surface area contributed by atoms with E-state index >= 15 is 0 Å². The summed E-state index contributed by atoms with van der Waals surface area (Å²) >= 11 is 0. The van der Waals surface area contributed by atoms with Gasteiger partial charge < -0.3 is 15.3 Å². The van der Waals surface area contributed by atoms with E-state index in [1.54, 1.807) is 0 Å². The van der Waals surface area contributed by atoms with Crippen molar-refractivity contribution in [3.8, 4) is 17.2 Å². The normalized spacial score (nSPS) is 13.3. The second kappa shape index (κ2) is 17.8. The van der Waals surface area contributed by atoms with E-state index in [1.165, 1.54) is 84.7 Å². The molecule has 0 aliphatic carbocycles. The van der Waals surface area contributed by atoms with Gasteiger partial charge in [0.2, 0.25) is 0 Å². The summed E-state index contributed by atoms with van der Waals surface area (Å²) in [6.07, 6.45) is 15.2. The Morgan fingerprint density at radius 2 is 0.816 bits per heavy atom. The minimum absolute atomic E-state index is 0.0493. The van der Waals surface area contributed by atoms with Crippen LogP contribution >= 0.6 is 0 Å². The SMILES string of the molecule is CCCCCCCCCCC(CC(c1ccc(O)cc1C(C)(C)CC)c1ccc(O)cc1C(C)(C)CC)c1ccc(O)cc1C(C)(C)CC. The van der Waals surface area contributed by atoms with Gasteiger partial charge in [0.15, 0.2) is 0 Å². The lowest BCUT2D eigenvalue weighted by Crippen LogP contribution is -2.25. The van der Waals surface area contributed by atoms with Crippen LogP contribution in [0.4, 0.5) is 0 Å². The van der Waals surface area contributed by atoms with E-state index < -0.39 is 0 Å². The van der Waals surface area contributed by atoms with Crippen LogP contribution in [0.15, 0.2) is 54.6 Å². The van der Waals surface area contributed by atoms with Gasteiger partial charge in [-0.1, -0.05) is 139 Å². The average molecular weight is 671 g/mol. The molecular weight excluding hydrogens is 601 g/mol. The summed E-state index contributed by atoms with van der Waals surface area (Å²) < 4.78 is 0. The monoisotopic (exact) mass is 671 g/mol. The summed E-state index contributed by atoms with van der Waals surface area (Å²) in [6, 6.07) is 18.2. The first-order chi connectivity index (χ1) is 23.1. The van der Waals surface area contributed by atoms with Gasteiger partial charge in [-0.3, -0.25) is 0 Å². The first-order valence-electron chi connectivity index (χ1n) is 19.6. The Morgan fingerprint density at radius 3 is 1.20 bits per heavy atom. The molecule has 3 rings (SSSR count). The molecule has 0 heterocycles. The fourth-order valence-corrected chi connectivity index (χ4v) is 7.56. The van der Waals surface area contributed by atoms with Crippen LogP contribution in [0.1, 0.15) is 198 Å². The van der Waals surface area contributed by atoms with Crippen molar-refractivity contribution in [1.82, 2.24) is 0 Å². The van der Waals surface area contributed by atoms with Crippen LogP contribution in [-0.2, 0) is 16.2 Å². The molecule has 272 valence electrons. The maximum Gasteiger partial charge on any atom is 0.115 e. The first-order valence-corrected chi connectivity index (χ1v) is 19.6. The average Bonchev–Trinajstić information content (AvgIpc) is 3.07. The van der Waals surface area contributed by atoms with Gasteiger partial charge in [-0.25, -0.2) is 0 Å². The highest BCUT2D eigenvalue weighted by Crippen LogP contribution is 2.48. The topological polar surface area (TPSA) is 60.7 Å². The van der Waals surface area contributed by atoms with Crippen molar-refractivity contribution in [2.75, 3.05) is 0 Å². The van der Waals surface area contributed by atoms with E-state index in [2.05, 4.69) is 87.4 Å². The number of benzene rings is 3. The highest BCUT2D eigenvalue weighted by atomic mass is 16.3. The number of phenols is 3. The van der Waals surface area contributed by atoms with Gasteiger partial charge in [0.1, 0.15) is 17.2 Å². The molecule has 0 aromatic heterocycles. The van der Waals surface area contributed by atoms with E-state index in [0.29, 0.717) is 17.2 Å². The third kappa shape index (κ3) is 10.5. The van der Waals surface area contributed by atoms with Crippen molar-refractivity contribution in [1.29, 1.82) is 0 Å². The van der Waals surface area contributed by atoms with Crippen LogP contribution in [0.2, 0.25) is 0 Å². The quantitative estimate of drug-likeness (QED) is 0.105. The van der Waals surface area contributed by atoms with Gasteiger partial charge in [-0.05, 0) is 124 Å². The smallest absolute Gasteiger partial charge is 0.115 e. The molecule has 1 unspecified atom stereocenters. The fourth-order valence-electron chi connectivity index (χ4n) is 7.56. The zero-order valence-electron chi connectivity index (χ0n) is 32.9. The van der Waals surface area contributed by atoms with Crippen LogP contribution in [0.25, 0.3) is 0 Å². The molecule has 1 atom stereocenters. The zero-order chi connectivity index (χ0) is 36.4. The van der Waals surface area contributed by atoms with Crippen molar-refractivity contribution in [2.45, 2.75) is 181 Å². The lowest BCUT2D eigenvalue weighted by Gasteiger charge is -2.36. The Kier molecular flexibility index (Phi) is 14.7. The summed E-state index contributed by atoms with van der Waals surface area (Å²) in [5, 5.41) is 32.4. The molecule has 0 fully saturated rings. The molecule has 3 nitrogen and oxygen atoms in total. The Bertz CT molecular complexity index is 1400. The van der Waals surface area contributed by atoms with E-state index in [9.17, 15) is 15.3 Å². The van der Waals surface area contributed by atoms with Gasteiger partial charge >= 0.3 is 0 Å². The van der Waals surface area contributed by atoms with E-state index in [-0.39, 0.29) is 28.1 Å². The Morgan fingerprint density at radius 1 is 0.469 bits per heavy atom. The largest absolute Gasteiger partial charge is 0.508 e. The van der Waals surface area contributed by atoms with Gasteiger partial charge in [0.25, 0.3) is 0 Å². The molecule has 0 saturated heterocycles. The van der Waals surface area contributed by atoms with Crippen molar-refractivity contribution >= 4 is 0 Å². The molecule has 0 spiro atoms. The highest BCUT2D eigenvalue weighted by Gasteiger charge is 2.34. The van der Waals surface area contributed by atoms with Crippen molar-refractivity contribution < 1.29 is 15.3 Å². The van der Waals surface area contributed by atoms with E-state index in [1.807, 2.05) is 36.4 Å². The van der Waals surface area contributed by atoms with Gasteiger partial charge in [-0.2, -0.15) is 0 Å². The van der Waals surface area contributed by atoms with Crippen molar-refractivity contribution in [3.05, 3.63) is 88.0 Å². The predicted octanol–water partition coefficient (Wildman–Crippen LogP) is 13.7. The standard InChI is InChI=1S/C46H70O3/c1-11-15-16-17-18-19-20-21-22-33(37-26-23-34(47)30-41(37)44(5,6)12-2)29-40(38-27-24-35(48)31-42(38)45(7,8)13-3)39-28-25-36(49)32-43(39)46(9,10)14-4/h23-28,30-33,40,47-49H,11-22,29H2,1-10H3. The molecule has 0 saturated carbocycles. The van der Waals surface area contributed by atoms with Crippen LogP contribution < -0.4 is 0 Å². The number of unbranched alkanes of at least 4 members (excludes halogenated alkanes) is 7. The zero-order valence-corrected chi connectivity index (χ0v) is 32.9. The Balaban J connectivity index is 2.25. The first kappa shape index (κ1) is 40.5. The molecule has 0 aliphatic heterocycles. The summed E-state index contributed by atoms with van der Waals surface area (Å²) in [6.45, 7) is 22.7. The van der Waals surface area contributed by atoms with E-state index in [0.717, 1.165) is 32.1 Å². The summed E-state index contributed by atoms with van der Waals surface area (Å²) in [7, 11) is 0. The lowest BCUT2D eigenvalue weighted by atomic mass is 9.68. The number of phenolic OH excluding ortho intramolecular Hbond substituents is 3. The minimum atomic E-state index is -0.134. The summed E-state index contributed by atoms with van der Waals surface area (Å²) in [5.74, 6) is 1.26. The second-order valence-electron chi connectivity index (χ2n) is 16.8. The molecule has 0 aliphatic rings. The highest BCUT2D eigenvalue weighted by molar-refractivity contribution is 5.51. The Labute approximate surface area is 300 Å².